The number of piperidine rings is 2. The van der Waals surface area contributed by atoms with Crippen molar-refractivity contribution in [3.05, 3.63) is 34.9 Å². The molecule has 2 fully saturated rings. The van der Waals surface area contributed by atoms with Crippen LogP contribution in [-0.2, 0) is 4.79 Å². The second kappa shape index (κ2) is 9.27. The number of benzene rings is 1. The Labute approximate surface area is 173 Å². The Bertz CT molecular complexity index is 684. The lowest BCUT2D eigenvalue weighted by Gasteiger charge is -2.41. The smallest absolute Gasteiger partial charge is 0.253 e. The highest BCUT2D eigenvalue weighted by molar-refractivity contribution is 6.30. The van der Waals surface area contributed by atoms with Gasteiger partial charge in [0.25, 0.3) is 5.91 Å². The predicted octanol–water partition coefficient (Wildman–Crippen LogP) is 3.57. The highest BCUT2D eigenvalue weighted by atomic mass is 35.5. The molecule has 2 heterocycles. The summed E-state index contributed by atoms with van der Waals surface area (Å²) in [5.74, 6) is -0.0938. The van der Waals surface area contributed by atoms with E-state index >= 15 is 0 Å². The zero-order valence-electron chi connectivity index (χ0n) is 17.0. The zero-order chi connectivity index (χ0) is 20.1. The van der Waals surface area contributed by atoms with Gasteiger partial charge in [0.1, 0.15) is 0 Å². The van der Waals surface area contributed by atoms with Gasteiger partial charge in [0.2, 0.25) is 5.91 Å². The van der Waals surface area contributed by atoms with Crippen molar-refractivity contribution < 1.29 is 9.59 Å². The highest BCUT2D eigenvalue weighted by Crippen LogP contribution is 2.22. The SMILES string of the molecule is CC(C)(CNC(=O)C1CCCN(C(=O)c2ccc(Cl)cc2)C1)N1CCCCC1. The number of carbonyl (C=O) groups excluding carboxylic acids is 2. The third-order valence-electron chi connectivity index (χ3n) is 6.08. The van der Waals surface area contributed by atoms with Gasteiger partial charge in [-0.25, -0.2) is 0 Å². The van der Waals surface area contributed by atoms with E-state index in [2.05, 4.69) is 24.1 Å². The maximum atomic E-state index is 12.8. The lowest BCUT2D eigenvalue weighted by atomic mass is 9.95. The minimum absolute atomic E-state index is 0.0252. The van der Waals surface area contributed by atoms with E-state index in [-0.39, 0.29) is 23.3 Å². The molecule has 2 aliphatic rings. The molecule has 2 aliphatic heterocycles. The highest BCUT2D eigenvalue weighted by Gasteiger charge is 2.32. The summed E-state index contributed by atoms with van der Waals surface area (Å²) in [5.41, 5.74) is 0.584. The summed E-state index contributed by atoms with van der Waals surface area (Å²) < 4.78 is 0. The number of carbonyl (C=O) groups is 2. The van der Waals surface area contributed by atoms with Gasteiger partial charge in [-0.05, 0) is 76.9 Å². The van der Waals surface area contributed by atoms with Gasteiger partial charge in [-0.3, -0.25) is 14.5 Å². The number of nitrogens with one attached hydrogen (secondary N) is 1. The van der Waals surface area contributed by atoms with E-state index in [4.69, 9.17) is 11.6 Å². The lowest BCUT2D eigenvalue weighted by Crippen LogP contribution is -2.55. The van der Waals surface area contributed by atoms with Gasteiger partial charge in [-0.2, -0.15) is 0 Å². The zero-order valence-corrected chi connectivity index (χ0v) is 17.8. The van der Waals surface area contributed by atoms with Crippen LogP contribution in [0.4, 0.5) is 0 Å². The molecule has 0 saturated carbocycles. The molecule has 1 N–H and O–H groups in total. The summed E-state index contributed by atoms with van der Waals surface area (Å²) in [7, 11) is 0. The van der Waals surface area contributed by atoms with E-state index in [1.807, 2.05) is 0 Å². The molecule has 2 amide bonds. The van der Waals surface area contributed by atoms with E-state index in [0.29, 0.717) is 30.2 Å². The molecule has 28 heavy (non-hydrogen) atoms. The lowest BCUT2D eigenvalue weighted by molar-refractivity contribution is -0.127. The van der Waals surface area contributed by atoms with Crippen LogP contribution in [0.5, 0.6) is 0 Å². The van der Waals surface area contributed by atoms with Crippen LogP contribution in [0.25, 0.3) is 0 Å². The third kappa shape index (κ3) is 5.26. The van der Waals surface area contributed by atoms with Gasteiger partial charge in [-0.15, -0.1) is 0 Å². The van der Waals surface area contributed by atoms with E-state index in [9.17, 15) is 9.59 Å². The van der Waals surface area contributed by atoms with Crippen LogP contribution in [0.3, 0.4) is 0 Å². The Morgan fingerprint density at radius 1 is 1.07 bits per heavy atom. The first-order valence-electron chi connectivity index (χ1n) is 10.4. The summed E-state index contributed by atoms with van der Waals surface area (Å²) in [6.07, 6.45) is 5.47. The fourth-order valence-electron chi connectivity index (χ4n) is 4.21. The van der Waals surface area contributed by atoms with E-state index in [1.54, 1.807) is 29.2 Å². The second-order valence-electron chi connectivity index (χ2n) is 8.68. The van der Waals surface area contributed by atoms with Gasteiger partial charge in [0, 0.05) is 35.8 Å². The molecule has 0 bridgehead atoms. The summed E-state index contributed by atoms with van der Waals surface area (Å²) in [5, 5.41) is 3.78. The van der Waals surface area contributed by atoms with Gasteiger partial charge < -0.3 is 10.2 Å². The predicted molar refractivity (Wildman–Crippen MR) is 113 cm³/mol. The average Bonchev–Trinajstić information content (AvgIpc) is 2.73. The molecule has 0 radical (unpaired) electrons. The number of hydrogen-bond donors (Lipinski definition) is 1. The number of nitrogens with zero attached hydrogens (tertiary/aromatic N) is 2. The van der Waals surface area contributed by atoms with Crippen molar-refractivity contribution in [2.75, 3.05) is 32.7 Å². The molecule has 1 aromatic carbocycles. The fraction of sp³-hybridized carbons (Fsp3) is 0.636. The third-order valence-corrected chi connectivity index (χ3v) is 6.33. The summed E-state index contributed by atoms with van der Waals surface area (Å²) in [6.45, 7) is 8.45. The largest absolute Gasteiger partial charge is 0.354 e. The molecule has 0 aliphatic carbocycles. The van der Waals surface area contributed by atoms with Crippen molar-refractivity contribution in [2.24, 2.45) is 5.92 Å². The number of likely N-dealkylation sites (tertiary alicyclic amines) is 2. The maximum Gasteiger partial charge on any atom is 0.253 e. The molecular formula is C22H32ClN3O2. The first-order valence-corrected chi connectivity index (χ1v) is 10.8. The first-order chi connectivity index (χ1) is 13.4. The van der Waals surface area contributed by atoms with Gasteiger partial charge >= 0.3 is 0 Å². The van der Waals surface area contributed by atoms with Crippen LogP contribution in [0.15, 0.2) is 24.3 Å². The van der Waals surface area contributed by atoms with Crippen molar-refractivity contribution in [3.63, 3.8) is 0 Å². The van der Waals surface area contributed by atoms with Crippen LogP contribution in [0.1, 0.15) is 56.3 Å². The Morgan fingerprint density at radius 2 is 1.75 bits per heavy atom. The molecule has 6 heteroatoms. The Kier molecular flexibility index (Phi) is 7.00. The number of hydrogen-bond acceptors (Lipinski definition) is 3. The molecule has 5 nitrogen and oxygen atoms in total. The molecule has 2 saturated heterocycles. The standard InChI is InChI=1S/C22H32ClN3O2/c1-22(2,26-13-4-3-5-14-26)16-24-20(27)18-7-6-12-25(15-18)21(28)17-8-10-19(23)11-9-17/h8-11,18H,3-7,12-16H2,1-2H3,(H,24,27). The van der Waals surface area contributed by atoms with Gasteiger partial charge in [-0.1, -0.05) is 18.0 Å². The summed E-state index contributed by atoms with van der Waals surface area (Å²) in [6, 6.07) is 6.95. The molecular weight excluding hydrogens is 374 g/mol. The van der Waals surface area contributed by atoms with Crippen molar-refractivity contribution in [2.45, 2.75) is 51.5 Å². The van der Waals surface area contributed by atoms with Crippen LogP contribution in [0, 0.1) is 5.92 Å². The van der Waals surface area contributed by atoms with E-state index in [0.717, 1.165) is 25.9 Å². The Balaban J connectivity index is 1.53. The molecule has 0 spiro atoms. The normalized spacial score (nSPS) is 21.4. The number of rotatable bonds is 5. The fourth-order valence-corrected chi connectivity index (χ4v) is 4.34. The first kappa shape index (κ1) is 21.1. The molecule has 1 unspecified atom stereocenters. The molecule has 154 valence electrons. The molecule has 3 rings (SSSR count). The van der Waals surface area contributed by atoms with Crippen LogP contribution >= 0.6 is 11.6 Å². The van der Waals surface area contributed by atoms with Crippen LogP contribution in [0.2, 0.25) is 5.02 Å². The Morgan fingerprint density at radius 3 is 2.43 bits per heavy atom. The van der Waals surface area contributed by atoms with Gasteiger partial charge in [0.15, 0.2) is 0 Å². The molecule has 1 aromatic rings. The molecule has 0 aromatic heterocycles. The van der Waals surface area contributed by atoms with Crippen molar-refractivity contribution >= 4 is 23.4 Å². The quantitative estimate of drug-likeness (QED) is 0.814. The maximum absolute atomic E-state index is 12.8. The number of amides is 2. The van der Waals surface area contributed by atoms with Crippen molar-refractivity contribution in [1.82, 2.24) is 15.1 Å². The van der Waals surface area contributed by atoms with E-state index < -0.39 is 0 Å². The number of halogens is 1. The summed E-state index contributed by atoms with van der Waals surface area (Å²) >= 11 is 5.91. The second-order valence-corrected chi connectivity index (χ2v) is 9.11. The van der Waals surface area contributed by atoms with Crippen LogP contribution in [-0.4, -0.2) is 59.9 Å². The topological polar surface area (TPSA) is 52.7 Å². The molecule has 1 atom stereocenters. The summed E-state index contributed by atoms with van der Waals surface area (Å²) in [4.78, 5) is 29.8. The van der Waals surface area contributed by atoms with Crippen molar-refractivity contribution in [1.29, 1.82) is 0 Å². The average molecular weight is 406 g/mol. The van der Waals surface area contributed by atoms with Crippen LogP contribution < -0.4 is 5.32 Å². The van der Waals surface area contributed by atoms with Crippen molar-refractivity contribution in [3.8, 4) is 0 Å². The minimum Gasteiger partial charge on any atom is -0.354 e. The monoisotopic (exact) mass is 405 g/mol. The van der Waals surface area contributed by atoms with Gasteiger partial charge in [0.05, 0.1) is 5.92 Å². The minimum atomic E-state index is -0.137. The Hall–Kier alpha value is -1.59. The van der Waals surface area contributed by atoms with E-state index in [1.165, 1.54) is 19.3 Å².